The van der Waals surface area contributed by atoms with Gasteiger partial charge in [0.25, 0.3) is 11.8 Å². The molecule has 0 radical (unpaired) electrons. The average Bonchev–Trinajstić information content (AvgIpc) is 3.53. The average molecular weight is 440 g/mol. The molecule has 0 aliphatic carbocycles. The largest absolute Gasteiger partial charge is 0.289 e. The SMILES string of the molecule is O=C(NNC(=O)c1ccc2ccccc2n1)c1csc(-c2cnn(-c3ccccc3)c2)n1. The Balaban J connectivity index is 1.25. The smallest absolute Gasteiger partial charge is 0.266 e. The molecule has 0 saturated carbocycles. The number of thiazole rings is 1. The van der Waals surface area contributed by atoms with Gasteiger partial charge in [-0.1, -0.05) is 42.5 Å². The summed E-state index contributed by atoms with van der Waals surface area (Å²) in [6.45, 7) is 0. The highest BCUT2D eigenvalue weighted by molar-refractivity contribution is 7.13. The van der Waals surface area contributed by atoms with E-state index >= 15 is 0 Å². The molecule has 0 aliphatic heterocycles. The van der Waals surface area contributed by atoms with E-state index in [1.54, 1.807) is 28.4 Å². The number of benzene rings is 2. The van der Waals surface area contributed by atoms with Gasteiger partial charge in [0.2, 0.25) is 0 Å². The van der Waals surface area contributed by atoms with Gasteiger partial charge in [0, 0.05) is 22.5 Å². The standard InChI is InChI=1S/C23H16N6O2S/c30-21(19-11-10-15-6-4-5-9-18(15)25-19)27-28-22(31)20-14-32-23(26-20)16-12-24-29(13-16)17-7-2-1-3-8-17/h1-14H,(H,27,30)(H,28,31). The quantitative estimate of drug-likeness (QED) is 0.416. The summed E-state index contributed by atoms with van der Waals surface area (Å²) >= 11 is 1.32. The van der Waals surface area contributed by atoms with E-state index in [4.69, 9.17) is 0 Å². The highest BCUT2D eigenvalue weighted by Crippen LogP contribution is 2.24. The molecule has 2 amide bonds. The third-order valence-electron chi connectivity index (χ3n) is 4.71. The number of nitrogens with zero attached hydrogens (tertiary/aromatic N) is 4. The number of aromatic nitrogens is 4. The lowest BCUT2D eigenvalue weighted by Gasteiger charge is -2.06. The van der Waals surface area contributed by atoms with Crippen molar-refractivity contribution in [2.24, 2.45) is 0 Å². The minimum absolute atomic E-state index is 0.198. The Hall–Kier alpha value is -4.37. The van der Waals surface area contributed by atoms with Crippen molar-refractivity contribution in [3.8, 4) is 16.3 Å². The monoisotopic (exact) mass is 440 g/mol. The first-order chi connectivity index (χ1) is 15.7. The Morgan fingerprint density at radius 2 is 1.56 bits per heavy atom. The Morgan fingerprint density at radius 1 is 0.812 bits per heavy atom. The van der Waals surface area contributed by atoms with Crippen molar-refractivity contribution in [1.82, 2.24) is 30.6 Å². The lowest BCUT2D eigenvalue weighted by Crippen LogP contribution is -2.42. The Morgan fingerprint density at radius 3 is 2.41 bits per heavy atom. The molecular weight excluding hydrogens is 424 g/mol. The van der Waals surface area contributed by atoms with Gasteiger partial charge in [-0.05, 0) is 24.3 Å². The minimum Gasteiger partial charge on any atom is -0.266 e. The van der Waals surface area contributed by atoms with Crippen molar-refractivity contribution in [1.29, 1.82) is 0 Å². The Bertz CT molecular complexity index is 1430. The molecule has 0 unspecified atom stereocenters. The molecule has 3 aromatic heterocycles. The molecule has 8 nitrogen and oxygen atoms in total. The van der Waals surface area contributed by atoms with Crippen LogP contribution in [0, 0.1) is 0 Å². The van der Waals surface area contributed by atoms with Crippen molar-refractivity contribution in [2.75, 3.05) is 0 Å². The van der Waals surface area contributed by atoms with E-state index in [0.29, 0.717) is 10.5 Å². The molecule has 3 heterocycles. The summed E-state index contributed by atoms with van der Waals surface area (Å²) in [5, 5.41) is 7.56. The molecule has 0 saturated heterocycles. The van der Waals surface area contributed by atoms with Gasteiger partial charge in [-0.2, -0.15) is 5.10 Å². The molecule has 0 fully saturated rings. The van der Waals surface area contributed by atoms with Crippen molar-refractivity contribution in [3.63, 3.8) is 0 Å². The van der Waals surface area contributed by atoms with E-state index in [1.807, 2.05) is 60.8 Å². The van der Waals surface area contributed by atoms with Crippen LogP contribution in [0.5, 0.6) is 0 Å². The second kappa shape index (κ2) is 8.40. The van der Waals surface area contributed by atoms with Crippen LogP contribution >= 0.6 is 11.3 Å². The summed E-state index contributed by atoms with van der Waals surface area (Å²) in [5.41, 5.74) is 7.60. The van der Waals surface area contributed by atoms with E-state index in [1.165, 1.54) is 11.3 Å². The van der Waals surface area contributed by atoms with Gasteiger partial charge in [-0.15, -0.1) is 11.3 Å². The maximum atomic E-state index is 12.4. The van der Waals surface area contributed by atoms with Crippen molar-refractivity contribution >= 4 is 34.1 Å². The molecule has 2 N–H and O–H groups in total. The van der Waals surface area contributed by atoms with Crippen LogP contribution in [0.25, 0.3) is 27.2 Å². The van der Waals surface area contributed by atoms with Gasteiger partial charge in [-0.3, -0.25) is 20.4 Å². The van der Waals surface area contributed by atoms with Crippen molar-refractivity contribution in [3.05, 3.63) is 95.9 Å². The summed E-state index contributed by atoms with van der Waals surface area (Å²) < 4.78 is 1.74. The molecule has 5 rings (SSSR count). The van der Waals surface area contributed by atoms with Crippen LogP contribution in [0.2, 0.25) is 0 Å². The van der Waals surface area contributed by atoms with E-state index in [2.05, 4.69) is 25.9 Å². The molecule has 156 valence electrons. The number of para-hydroxylation sites is 2. The zero-order valence-corrected chi connectivity index (χ0v) is 17.4. The van der Waals surface area contributed by atoms with Gasteiger partial charge < -0.3 is 0 Å². The van der Waals surface area contributed by atoms with Gasteiger partial charge >= 0.3 is 0 Å². The van der Waals surface area contributed by atoms with Crippen molar-refractivity contribution < 1.29 is 9.59 Å². The number of carbonyl (C=O) groups is 2. The maximum Gasteiger partial charge on any atom is 0.289 e. The summed E-state index contributed by atoms with van der Waals surface area (Å²) in [7, 11) is 0. The topological polar surface area (TPSA) is 102 Å². The number of amides is 2. The predicted molar refractivity (Wildman–Crippen MR) is 121 cm³/mol. The van der Waals surface area contributed by atoms with Gasteiger partial charge in [-0.25, -0.2) is 14.6 Å². The highest BCUT2D eigenvalue weighted by atomic mass is 32.1. The van der Waals surface area contributed by atoms with Gasteiger partial charge in [0.15, 0.2) is 0 Å². The van der Waals surface area contributed by atoms with E-state index in [0.717, 1.165) is 16.6 Å². The fourth-order valence-electron chi connectivity index (χ4n) is 3.10. The van der Waals surface area contributed by atoms with Crippen LogP contribution in [0.4, 0.5) is 0 Å². The Labute approximate surface area is 186 Å². The van der Waals surface area contributed by atoms with E-state index in [9.17, 15) is 9.59 Å². The lowest BCUT2D eigenvalue weighted by atomic mass is 10.2. The molecule has 2 aromatic carbocycles. The first-order valence-corrected chi connectivity index (χ1v) is 10.6. The summed E-state index contributed by atoms with van der Waals surface area (Å²) in [4.78, 5) is 33.5. The number of pyridine rings is 1. The fourth-order valence-corrected chi connectivity index (χ4v) is 3.88. The molecule has 5 aromatic rings. The molecule has 32 heavy (non-hydrogen) atoms. The fraction of sp³-hybridized carbons (Fsp3) is 0. The molecule has 0 bridgehead atoms. The molecule has 0 atom stereocenters. The number of rotatable bonds is 4. The molecule has 9 heteroatoms. The van der Waals surface area contributed by atoms with Crippen LogP contribution < -0.4 is 10.9 Å². The Kier molecular flexibility index (Phi) is 5.14. The van der Waals surface area contributed by atoms with Crippen molar-refractivity contribution in [2.45, 2.75) is 0 Å². The second-order valence-electron chi connectivity index (χ2n) is 6.84. The predicted octanol–water partition coefficient (Wildman–Crippen LogP) is 3.62. The summed E-state index contributed by atoms with van der Waals surface area (Å²) in [6, 6.07) is 20.6. The number of hydrogen-bond donors (Lipinski definition) is 2. The first-order valence-electron chi connectivity index (χ1n) is 9.70. The summed E-state index contributed by atoms with van der Waals surface area (Å²) in [5.74, 6) is -1.03. The number of carbonyl (C=O) groups excluding carboxylic acids is 2. The van der Waals surface area contributed by atoms with Gasteiger partial charge in [0.05, 0.1) is 17.4 Å². The number of nitrogens with one attached hydrogen (secondary N) is 2. The van der Waals surface area contributed by atoms with Crippen LogP contribution in [0.3, 0.4) is 0 Å². The number of fused-ring (bicyclic) bond motifs is 1. The molecule has 0 aliphatic rings. The normalized spacial score (nSPS) is 10.8. The van der Waals surface area contributed by atoms with Crippen LogP contribution in [0.1, 0.15) is 21.0 Å². The van der Waals surface area contributed by atoms with Crippen LogP contribution in [-0.2, 0) is 0 Å². The first kappa shape index (κ1) is 19.6. The molecule has 0 spiro atoms. The lowest BCUT2D eigenvalue weighted by molar-refractivity contribution is 0.0842. The van der Waals surface area contributed by atoms with Crippen LogP contribution in [-0.4, -0.2) is 31.6 Å². The zero-order chi connectivity index (χ0) is 21.9. The molecular formula is C23H16N6O2S. The number of hydrogen-bond acceptors (Lipinski definition) is 6. The van der Waals surface area contributed by atoms with E-state index in [-0.39, 0.29) is 11.4 Å². The van der Waals surface area contributed by atoms with Crippen LogP contribution in [0.15, 0.2) is 84.5 Å². The summed E-state index contributed by atoms with van der Waals surface area (Å²) in [6.07, 6.45) is 3.55. The number of hydrazine groups is 1. The van der Waals surface area contributed by atoms with E-state index < -0.39 is 11.8 Å². The zero-order valence-electron chi connectivity index (χ0n) is 16.6. The van der Waals surface area contributed by atoms with Gasteiger partial charge in [0.1, 0.15) is 16.4 Å². The maximum absolute atomic E-state index is 12.4. The minimum atomic E-state index is -0.517. The highest BCUT2D eigenvalue weighted by Gasteiger charge is 2.15. The third kappa shape index (κ3) is 3.96. The second-order valence-corrected chi connectivity index (χ2v) is 7.70. The third-order valence-corrected chi connectivity index (χ3v) is 5.60.